The van der Waals surface area contributed by atoms with Crippen LogP contribution in [-0.2, 0) is 4.79 Å². The van der Waals surface area contributed by atoms with Crippen molar-refractivity contribution in [3.05, 3.63) is 0 Å². The Hall–Kier alpha value is -0.450. The maximum Gasteiger partial charge on any atom is 0.301 e. The molecule has 0 unspecified atom stereocenters. The average Bonchev–Trinajstić information content (AvgIpc) is 2.53. The summed E-state index contributed by atoms with van der Waals surface area (Å²) in [5.41, 5.74) is 0. The second-order valence-electron chi connectivity index (χ2n) is 6.48. The first-order valence-electron chi connectivity index (χ1n) is 9.28. The summed E-state index contributed by atoms with van der Waals surface area (Å²) in [6.45, 7) is 3.82. The van der Waals surface area contributed by atoms with E-state index in [9.17, 15) is 4.79 Å². The second-order valence-corrected chi connectivity index (χ2v) is 6.48. The smallest absolute Gasteiger partial charge is 0.301 e. The van der Waals surface area contributed by atoms with Crippen molar-refractivity contribution in [2.24, 2.45) is 0 Å². The van der Waals surface area contributed by atoms with Crippen LogP contribution in [0.5, 0.6) is 0 Å². The molecule has 4 heteroatoms. The molecule has 0 atom stereocenters. The summed E-state index contributed by atoms with van der Waals surface area (Å²) in [4.78, 5) is 11.3. The molecule has 22 heavy (non-hydrogen) atoms. The number of hydrogen-bond donors (Lipinski definition) is 2. The lowest BCUT2D eigenvalue weighted by Gasteiger charge is -2.30. The first-order valence-corrected chi connectivity index (χ1v) is 9.28. The predicted octanol–water partition coefficient (Wildman–Crippen LogP) is 3.26. The molecule has 0 saturated heterocycles. The fraction of sp³-hybridized carbons (Fsp3) is 0.944. The maximum atomic E-state index is 11.3. The third-order valence-corrected chi connectivity index (χ3v) is 4.52. The Bertz CT molecular complexity index is 240. The Morgan fingerprint density at radius 2 is 1.09 bits per heavy atom. The second kappa shape index (κ2) is 15.4. The van der Waals surface area contributed by atoms with Gasteiger partial charge in [0.15, 0.2) is 0 Å². The van der Waals surface area contributed by atoms with Crippen LogP contribution in [0.3, 0.4) is 0 Å². The Morgan fingerprint density at radius 1 is 0.682 bits per heavy atom. The van der Waals surface area contributed by atoms with E-state index < -0.39 is 0 Å². The molecule has 0 radical (unpaired) electrons. The van der Waals surface area contributed by atoms with E-state index in [1.54, 1.807) is 0 Å². The van der Waals surface area contributed by atoms with Gasteiger partial charge in [-0.3, -0.25) is 4.48 Å². The molecule has 2 N–H and O–H groups in total. The molecule has 0 saturated carbocycles. The lowest BCUT2D eigenvalue weighted by Crippen LogP contribution is -2.51. The molecule has 0 aromatic carbocycles. The zero-order valence-electron chi connectivity index (χ0n) is 14.6. The van der Waals surface area contributed by atoms with E-state index in [4.69, 9.17) is 10.2 Å². The van der Waals surface area contributed by atoms with Crippen molar-refractivity contribution in [1.82, 2.24) is 0 Å². The highest BCUT2D eigenvalue weighted by Gasteiger charge is 2.25. The van der Waals surface area contributed by atoms with Crippen molar-refractivity contribution in [3.63, 3.8) is 0 Å². The van der Waals surface area contributed by atoms with Gasteiger partial charge in [0.25, 0.3) is 0 Å². The number of aliphatic hydroxyl groups excluding tert-OH is 2. The van der Waals surface area contributed by atoms with Gasteiger partial charge in [-0.2, -0.15) is 0 Å². The molecular weight excluding hydrogens is 278 g/mol. The molecule has 0 aliphatic rings. The summed E-state index contributed by atoms with van der Waals surface area (Å²) in [5, 5.41) is 18.2. The molecule has 0 aliphatic heterocycles. The number of amides is 1. The predicted molar refractivity (Wildman–Crippen MR) is 91.6 cm³/mol. The van der Waals surface area contributed by atoms with Gasteiger partial charge in [0, 0.05) is 0 Å². The van der Waals surface area contributed by atoms with Crippen LogP contribution < -0.4 is 0 Å². The monoisotopic (exact) mass is 316 g/mol. The molecule has 0 aliphatic carbocycles. The zero-order chi connectivity index (χ0) is 16.5. The number of hydrogen-bond acceptors (Lipinski definition) is 3. The van der Waals surface area contributed by atoms with Crippen LogP contribution in [0.15, 0.2) is 0 Å². The van der Waals surface area contributed by atoms with Gasteiger partial charge in [-0.05, 0) is 12.8 Å². The van der Waals surface area contributed by atoms with Gasteiger partial charge < -0.3 is 10.2 Å². The van der Waals surface area contributed by atoms with Crippen molar-refractivity contribution in [1.29, 1.82) is 0 Å². The molecule has 0 bridgehead atoms. The van der Waals surface area contributed by atoms with Crippen molar-refractivity contribution in [2.45, 2.75) is 77.6 Å². The van der Waals surface area contributed by atoms with Crippen molar-refractivity contribution >= 4 is 6.41 Å². The Balaban J connectivity index is 3.55. The summed E-state index contributed by atoms with van der Waals surface area (Å²) in [7, 11) is 0. The average molecular weight is 317 g/mol. The molecule has 0 heterocycles. The number of nitrogens with zero attached hydrogens (tertiary/aromatic N) is 1. The minimum absolute atomic E-state index is 0.00320. The summed E-state index contributed by atoms with van der Waals surface area (Å²) >= 11 is 0. The molecule has 132 valence electrons. The summed E-state index contributed by atoms with van der Waals surface area (Å²) in [5.74, 6) is 0. The highest BCUT2D eigenvalue weighted by molar-refractivity contribution is 5.37. The third-order valence-electron chi connectivity index (χ3n) is 4.52. The van der Waals surface area contributed by atoms with Crippen molar-refractivity contribution < 1.29 is 19.5 Å². The maximum absolute atomic E-state index is 11.3. The van der Waals surface area contributed by atoms with Gasteiger partial charge in [0.1, 0.15) is 13.1 Å². The number of carbonyl (C=O) groups is 1. The van der Waals surface area contributed by atoms with Crippen LogP contribution in [-0.4, -0.2) is 54.0 Å². The Kier molecular flexibility index (Phi) is 15.1. The highest BCUT2D eigenvalue weighted by Crippen LogP contribution is 2.13. The first kappa shape index (κ1) is 21.6. The van der Waals surface area contributed by atoms with Crippen LogP contribution >= 0.6 is 0 Å². The standard InChI is InChI=1S/C18H38NO3/c1-2-3-4-5-6-7-8-9-10-11-12-13-19(18-22,14-16-20)15-17-21/h18,20-21H,2-17H2,1H3/q+1. The number of rotatable bonds is 17. The molecule has 4 nitrogen and oxygen atoms in total. The lowest BCUT2D eigenvalue weighted by atomic mass is 10.1. The quantitative estimate of drug-likeness (QED) is 0.246. The largest absolute Gasteiger partial charge is 0.390 e. The summed E-state index contributed by atoms with van der Waals surface area (Å²) in [6.07, 6.45) is 15.1. The molecular formula is C18H38NO3+. The Morgan fingerprint density at radius 3 is 1.45 bits per heavy atom. The van der Waals surface area contributed by atoms with Crippen LogP contribution in [0.2, 0.25) is 0 Å². The van der Waals surface area contributed by atoms with Gasteiger partial charge in [0.2, 0.25) is 0 Å². The van der Waals surface area contributed by atoms with Gasteiger partial charge in [-0.1, -0.05) is 64.7 Å². The summed E-state index contributed by atoms with van der Waals surface area (Å²) in [6, 6.07) is 0. The SMILES string of the molecule is CCCCCCCCCCCCC[N+](C=O)(CCO)CCO. The van der Waals surface area contributed by atoms with Crippen molar-refractivity contribution in [3.8, 4) is 0 Å². The zero-order valence-corrected chi connectivity index (χ0v) is 14.6. The molecule has 0 rings (SSSR count). The lowest BCUT2D eigenvalue weighted by molar-refractivity contribution is -0.847. The normalized spacial score (nSPS) is 11.8. The van der Waals surface area contributed by atoms with Crippen LogP contribution in [0.4, 0.5) is 0 Å². The first-order chi connectivity index (χ1) is 10.7. The molecule has 0 fully saturated rings. The van der Waals surface area contributed by atoms with Gasteiger partial charge in [-0.25, -0.2) is 4.79 Å². The molecule has 0 aromatic rings. The number of aliphatic hydroxyl groups is 2. The van der Waals surface area contributed by atoms with Gasteiger partial charge in [-0.15, -0.1) is 0 Å². The molecule has 1 amide bonds. The highest BCUT2D eigenvalue weighted by atomic mass is 16.3. The fourth-order valence-corrected chi connectivity index (χ4v) is 2.98. The van der Waals surface area contributed by atoms with Crippen LogP contribution in [0.25, 0.3) is 0 Å². The van der Waals surface area contributed by atoms with E-state index in [0.717, 1.165) is 25.8 Å². The molecule has 0 spiro atoms. The minimum Gasteiger partial charge on any atom is -0.390 e. The Labute approximate surface area is 137 Å². The van der Waals surface area contributed by atoms with Crippen LogP contribution in [0.1, 0.15) is 77.6 Å². The van der Waals surface area contributed by atoms with Gasteiger partial charge >= 0.3 is 6.41 Å². The number of quaternary nitrogens is 1. The van der Waals surface area contributed by atoms with Crippen LogP contribution in [0, 0.1) is 0 Å². The fourth-order valence-electron chi connectivity index (χ4n) is 2.98. The number of unbranched alkanes of at least 4 members (excludes halogenated alkanes) is 10. The van der Waals surface area contributed by atoms with E-state index >= 15 is 0 Å². The van der Waals surface area contributed by atoms with Gasteiger partial charge in [0.05, 0.1) is 19.8 Å². The topological polar surface area (TPSA) is 57.5 Å². The summed E-state index contributed by atoms with van der Waals surface area (Å²) < 4.78 is 0.199. The van der Waals surface area contributed by atoms with E-state index in [-0.39, 0.29) is 17.7 Å². The van der Waals surface area contributed by atoms with E-state index in [1.165, 1.54) is 57.8 Å². The van der Waals surface area contributed by atoms with Crippen molar-refractivity contribution in [2.75, 3.05) is 32.8 Å². The molecule has 0 aromatic heterocycles. The van der Waals surface area contributed by atoms with E-state index in [2.05, 4.69) is 6.92 Å². The third kappa shape index (κ3) is 11.2. The van der Waals surface area contributed by atoms with E-state index in [1.807, 2.05) is 0 Å². The number of carbonyl (C=O) groups excluding carboxylic acids is 1. The minimum atomic E-state index is -0.00320. The van der Waals surface area contributed by atoms with E-state index in [0.29, 0.717) is 13.1 Å².